The van der Waals surface area contributed by atoms with Crippen LogP contribution in [0.2, 0.25) is 0 Å². The van der Waals surface area contributed by atoms with Gasteiger partial charge in [-0.05, 0) is 44.1 Å². The Morgan fingerprint density at radius 2 is 2.24 bits per heavy atom. The number of likely N-dealkylation sites (tertiary alicyclic amines) is 1. The van der Waals surface area contributed by atoms with Gasteiger partial charge in [-0.3, -0.25) is 4.21 Å². The van der Waals surface area contributed by atoms with Gasteiger partial charge in [0.05, 0.1) is 17.9 Å². The lowest BCUT2D eigenvalue weighted by Crippen LogP contribution is -2.58. The first-order valence-electron chi connectivity index (χ1n) is 8.90. The Morgan fingerprint density at radius 1 is 1.44 bits per heavy atom. The van der Waals surface area contributed by atoms with Gasteiger partial charge >= 0.3 is 0 Å². The molecule has 1 aromatic carbocycles. The third-order valence-electron chi connectivity index (χ3n) is 6.19. The van der Waals surface area contributed by atoms with E-state index in [1.807, 2.05) is 19.1 Å². The van der Waals surface area contributed by atoms with E-state index in [-0.39, 0.29) is 17.1 Å². The molecule has 1 saturated heterocycles. The summed E-state index contributed by atoms with van der Waals surface area (Å²) in [7, 11) is 2.77. The van der Waals surface area contributed by atoms with E-state index in [1.54, 1.807) is 7.11 Å². The van der Waals surface area contributed by atoms with Crippen LogP contribution in [0, 0.1) is 5.92 Å². The molecule has 4 rings (SSSR count). The Kier molecular flexibility index (Phi) is 4.04. The van der Waals surface area contributed by atoms with Crippen LogP contribution in [-0.2, 0) is 22.6 Å². The molecule has 4 unspecified atom stereocenters. The molecule has 0 saturated carbocycles. The van der Waals surface area contributed by atoms with Gasteiger partial charge in [-0.15, -0.1) is 0 Å². The Balaban J connectivity index is 1.97. The van der Waals surface area contributed by atoms with Crippen molar-refractivity contribution in [2.75, 3.05) is 26.5 Å². The van der Waals surface area contributed by atoms with Crippen LogP contribution >= 0.6 is 0 Å². The standard InChI is InChI=1S/C20H25NO3S/c1-4-25(23)14-6-7-15-16-11-13-5-8-17(24-3)19(22)18(13)20(15,12-14)9-10-21(16)2/h5-8,12,15-16,22H,4,9-11H2,1-3H3. The van der Waals surface area contributed by atoms with E-state index in [0.717, 1.165) is 29.9 Å². The highest BCUT2D eigenvalue weighted by Crippen LogP contribution is 2.56. The highest BCUT2D eigenvalue weighted by atomic mass is 32.2. The summed E-state index contributed by atoms with van der Waals surface area (Å²) in [6.07, 6.45) is 8.28. The van der Waals surface area contributed by atoms with Crippen LogP contribution in [0.15, 0.2) is 35.3 Å². The zero-order chi connectivity index (χ0) is 17.8. The first kappa shape index (κ1) is 16.9. The second kappa shape index (κ2) is 5.99. The molecule has 25 heavy (non-hydrogen) atoms. The van der Waals surface area contributed by atoms with Gasteiger partial charge in [-0.25, -0.2) is 0 Å². The van der Waals surface area contributed by atoms with E-state index < -0.39 is 10.8 Å². The SMILES string of the molecule is CCS(=O)C1=CC23CCN(C)C(Cc4ccc(OC)c(O)c42)C3C=C1. The molecule has 1 N–H and O–H groups in total. The summed E-state index contributed by atoms with van der Waals surface area (Å²) >= 11 is 0. The molecular formula is C20H25NO3S. The molecule has 1 fully saturated rings. The molecule has 5 heteroatoms. The van der Waals surface area contributed by atoms with Crippen molar-refractivity contribution in [1.82, 2.24) is 4.90 Å². The quantitative estimate of drug-likeness (QED) is 0.902. The van der Waals surface area contributed by atoms with E-state index in [2.05, 4.69) is 30.2 Å². The van der Waals surface area contributed by atoms with Crippen LogP contribution in [0.4, 0.5) is 0 Å². The highest BCUT2D eigenvalue weighted by Gasteiger charge is 2.53. The van der Waals surface area contributed by atoms with Gasteiger partial charge in [-0.1, -0.05) is 25.1 Å². The predicted octanol–water partition coefficient (Wildman–Crippen LogP) is 2.74. The summed E-state index contributed by atoms with van der Waals surface area (Å²) in [5, 5.41) is 11.0. The number of nitrogens with zero attached hydrogens (tertiary/aromatic N) is 1. The van der Waals surface area contributed by atoms with Gasteiger partial charge in [0.1, 0.15) is 0 Å². The lowest BCUT2D eigenvalue weighted by molar-refractivity contribution is 0.0778. The summed E-state index contributed by atoms with van der Waals surface area (Å²) < 4.78 is 17.9. The normalized spacial score (nSPS) is 31.7. The Bertz CT molecular complexity index is 800. The molecule has 1 aliphatic heterocycles. The van der Waals surface area contributed by atoms with Crippen LogP contribution in [0.5, 0.6) is 11.5 Å². The number of ether oxygens (including phenoxy) is 1. The molecule has 134 valence electrons. The maximum Gasteiger partial charge on any atom is 0.162 e. The molecule has 2 aliphatic carbocycles. The van der Waals surface area contributed by atoms with Gasteiger partial charge in [0.2, 0.25) is 0 Å². The number of aromatic hydroxyl groups is 1. The van der Waals surface area contributed by atoms with Crippen molar-refractivity contribution in [2.45, 2.75) is 31.2 Å². The molecule has 3 aliphatic rings. The third kappa shape index (κ3) is 2.32. The average molecular weight is 359 g/mol. The molecule has 0 amide bonds. The number of allylic oxidation sites excluding steroid dienone is 2. The van der Waals surface area contributed by atoms with Crippen molar-refractivity contribution in [1.29, 1.82) is 0 Å². The molecule has 0 aromatic heterocycles. The molecule has 2 bridgehead atoms. The Labute approximate surface area is 151 Å². The molecule has 0 radical (unpaired) electrons. The summed E-state index contributed by atoms with van der Waals surface area (Å²) in [5.74, 6) is 1.66. The molecule has 0 spiro atoms. The maximum atomic E-state index is 12.5. The van der Waals surface area contributed by atoms with Crippen molar-refractivity contribution in [3.63, 3.8) is 0 Å². The van der Waals surface area contributed by atoms with Gasteiger partial charge in [0.25, 0.3) is 0 Å². The lowest BCUT2D eigenvalue weighted by Gasteiger charge is -2.55. The first-order chi connectivity index (χ1) is 12.0. The number of methoxy groups -OCH3 is 1. The van der Waals surface area contributed by atoms with Crippen LogP contribution in [0.1, 0.15) is 24.5 Å². The van der Waals surface area contributed by atoms with Crippen LogP contribution in [0.25, 0.3) is 0 Å². The van der Waals surface area contributed by atoms with Crippen molar-refractivity contribution < 1.29 is 14.1 Å². The smallest absolute Gasteiger partial charge is 0.162 e. The molecule has 4 nitrogen and oxygen atoms in total. The van der Waals surface area contributed by atoms with Crippen molar-refractivity contribution in [2.24, 2.45) is 5.92 Å². The van der Waals surface area contributed by atoms with E-state index in [0.29, 0.717) is 17.5 Å². The van der Waals surface area contributed by atoms with E-state index in [9.17, 15) is 9.32 Å². The molecule has 4 atom stereocenters. The fourth-order valence-electron chi connectivity index (χ4n) is 4.93. The van der Waals surface area contributed by atoms with Crippen LogP contribution < -0.4 is 4.74 Å². The van der Waals surface area contributed by atoms with Gasteiger partial charge in [-0.2, -0.15) is 0 Å². The average Bonchev–Trinajstić information content (AvgIpc) is 2.63. The van der Waals surface area contributed by atoms with Crippen LogP contribution in [0.3, 0.4) is 0 Å². The minimum Gasteiger partial charge on any atom is -0.504 e. The summed E-state index contributed by atoms with van der Waals surface area (Å²) in [5.41, 5.74) is 1.87. The zero-order valence-corrected chi connectivity index (χ0v) is 15.8. The minimum atomic E-state index is -0.995. The monoisotopic (exact) mass is 359 g/mol. The third-order valence-corrected chi connectivity index (χ3v) is 7.49. The largest absolute Gasteiger partial charge is 0.504 e. The first-order valence-corrected chi connectivity index (χ1v) is 10.2. The number of likely N-dealkylation sites (N-methyl/N-ethyl adjacent to an activating group) is 1. The van der Waals surface area contributed by atoms with Crippen molar-refractivity contribution >= 4 is 10.8 Å². The Morgan fingerprint density at radius 3 is 2.96 bits per heavy atom. The van der Waals surface area contributed by atoms with Gasteiger partial charge < -0.3 is 14.7 Å². The van der Waals surface area contributed by atoms with Crippen LogP contribution in [-0.4, -0.2) is 46.7 Å². The molecule has 1 aromatic rings. The number of phenols is 1. The summed E-state index contributed by atoms with van der Waals surface area (Å²) in [6.45, 7) is 2.91. The topological polar surface area (TPSA) is 49.8 Å². The lowest BCUT2D eigenvalue weighted by atomic mass is 9.56. The van der Waals surface area contributed by atoms with E-state index in [1.165, 1.54) is 5.56 Å². The summed E-state index contributed by atoms with van der Waals surface area (Å²) in [4.78, 5) is 3.31. The number of rotatable bonds is 3. The minimum absolute atomic E-state index is 0.251. The fourth-order valence-corrected chi connectivity index (χ4v) is 5.83. The van der Waals surface area contributed by atoms with Gasteiger partial charge in [0, 0.05) is 33.6 Å². The highest BCUT2D eigenvalue weighted by molar-refractivity contribution is 7.89. The number of benzene rings is 1. The fraction of sp³-hybridized carbons (Fsp3) is 0.500. The van der Waals surface area contributed by atoms with E-state index >= 15 is 0 Å². The van der Waals surface area contributed by atoms with E-state index in [4.69, 9.17) is 4.74 Å². The van der Waals surface area contributed by atoms with Crippen molar-refractivity contribution in [3.05, 3.63) is 46.4 Å². The predicted molar refractivity (Wildman–Crippen MR) is 100 cm³/mol. The number of hydrogen-bond acceptors (Lipinski definition) is 4. The molecule has 1 heterocycles. The summed E-state index contributed by atoms with van der Waals surface area (Å²) in [6, 6.07) is 4.34. The van der Waals surface area contributed by atoms with Gasteiger partial charge in [0.15, 0.2) is 11.5 Å². The number of piperidine rings is 1. The number of hydrogen-bond donors (Lipinski definition) is 1. The van der Waals surface area contributed by atoms with Crippen molar-refractivity contribution in [3.8, 4) is 11.5 Å². The number of phenolic OH excluding ortho intramolecular Hbond substituents is 1. The second-order valence-corrected chi connectivity index (χ2v) is 9.00. The maximum absolute atomic E-state index is 12.5. The Hall–Kier alpha value is -1.59. The second-order valence-electron chi connectivity index (χ2n) is 7.26. The molecular weight excluding hydrogens is 334 g/mol. The zero-order valence-electron chi connectivity index (χ0n) is 15.0. The number of fused-ring (bicyclic) bond motifs is 1.